The molecule has 0 radical (unpaired) electrons. The lowest BCUT2D eigenvalue weighted by Gasteiger charge is -1.96. The van der Waals surface area contributed by atoms with Gasteiger partial charge in [-0.3, -0.25) is 0 Å². The molecule has 0 atom stereocenters. The third kappa shape index (κ3) is 1.32. The molecule has 2 aromatic rings. The van der Waals surface area contributed by atoms with Gasteiger partial charge in [-0.2, -0.15) is 0 Å². The van der Waals surface area contributed by atoms with Crippen molar-refractivity contribution in [1.82, 2.24) is 15.0 Å². The van der Waals surface area contributed by atoms with Crippen molar-refractivity contribution in [2.24, 2.45) is 0 Å². The summed E-state index contributed by atoms with van der Waals surface area (Å²) in [4.78, 5) is 22.3. The minimum absolute atomic E-state index is 0.397. The largest absolute Gasteiger partial charge is 0.465 e. The van der Waals surface area contributed by atoms with Gasteiger partial charge in [-0.15, -0.1) is 0 Å². The topological polar surface area (TPSA) is 67.9 Å². The van der Waals surface area contributed by atoms with Crippen LogP contribution in [0, 0.1) is 6.92 Å². The van der Waals surface area contributed by atoms with Crippen LogP contribution in [0.1, 0.15) is 16.2 Å². The number of esters is 1. The number of ether oxygens (including phenoxy) is 1. The van der Waals surface area contributed by atoms with Gasteiger partial charge in [0.1, 0.15) is 5.82 Å². The maximum atomic E-state index is 11.2. The summed E-state index contributed by atoms with van der Waals surface area (Å²) in [5, 5.41) is 0. The third-order valence-electron chi connectivity index (χ3n) is 1.88. The summed E-state index contributed by atoms with van der Waals surface area (Å²) in [6.45, 7) is 1.83. The molecule has 0 fully saturated rings. The Kier molecular flexibility index (Phi) is 1.92. The van der Waals surface area contributed by atoms with E-state index in [1.165, 1.54) is 13.3 Å². The van der Waals surface area contributed by atoms with Crippen molar-refractivity contribution in [2.75, 3.05) is 7.11 Å². The van der Waals surface area contributed by atoms with Crippen molar-refractivity contribution in [1.29, 1.82) is 0 Å². The average molecular weight is 191 g/mol. The highest BCUT2D eigenvalue weighted by Crippen LogP contribution is 2.10. The maximum absolute atomic E-state index is 11.2. The van der Waals surface area contributed by atoms with E-state index in [1.807, 2.05) is 6.92 Å². The van der Waals surface area contributed by atoms with Crippen LogP contribution in [0.3, 0.4) is 0 Å². The number of hydrogen-bond donors (Lipinski definition) is 1. The van der Waals surface area contributed by atoms with Gasteiger partial charge in [0.2, 0.25) is 0 Å². The number of nitrogens with one attached hydrogen (secondary N) is 1. The average Bonchev–Trinajstić information content (AvgIpc) is 2.55. The smallest absolute Gasteiger partial charge is 0.339 e. The Morgan fingerprint density at radius 2 is 2.36 bits per heavy atom. The second kappa shape index (κ2) is 3.10. The van der Waals surface area contributed by atoms with Gasteiger partial charge in [0, 0.05) is 6.20 Å². The van der Waals surface area contributed by atoms with E-state index in [1.54, 1.807) is 6.07 Å². The van der Waals surface area contributed by atoms with Gasteiger partial charge in [0.05, 0.1) is 18.2 Å². The number of H-pyrrole nitrogens is 1. The summed E-state index contributed by atoms with van der Waals surface area (Å²) in [5.41, 5.74) is 1.77. The lowest BCUT2D eigenvalue weighted by molar-refractivity contribution is 0.0600. The fraction of sp³-hybridized carbons (Fsp3) is 0.222. The monoisotopic (exact) mass is 191 g/mol. The lowest BCUT2D eigenvalue weighted by Crippen LogP contribution is -2.01. The van der Waals surface area contributed by atoms with Crippen LogP contribution in [-0.2, 0) is 4.74 Å². The van der Waals surface area contributed by atoms with Gasteiger partial charge in [0.15, 0.2) is 5.65 Å². The highest BCUT2D eigenvalue weighted by Gasteiger charge is 2.08. The number of aromatic amines is 1. The molecule has 5 heteroatoms. The molecular formula is C9H9N3O2. The number of hydrogen-bond acceptors (Lipinski definition) is 4. The minimum atomic E-state index is -0.397. The first kappa shape index (κ1) is 8.68. The molecule has 1 N–H and O–H groups in total. The molecular weight excluding hydrogens is 182 g/mol. The summed E-state index contributed by atoms with van der Waals surface area (Å²) in [6, 6.07) is 1.67. The molecule has 0 amide bonds. The number of pyridine rings is 1. The molecule has 0 aliphatic rings. The van der Waals surface area contributed by atoms with Gasteiger partial charge in [-0.25, -0.2) is 14.8 Å². The molecule has 14 heavy (non-hydrogen) atoms. The predicted octanol–water partition coefficient (Wildman–Crippen LogP) is 1.05. The van der Waals surface area contributed by atoms with Crippen LogP contribution in [0.5, 0.6) is 0 Å². The molecule has 2 heterocycles. The Bertz CT molecular complexity index is 490. The highest BCUT2D eigenvalue weighted by molar-refractivity contribution is 5.92. The van der Waals surface area contributed by atoms with Gasteiger partial charge in [0.25, 0.3) is 0 Å². The number of imidazole rings is 1. The van der Waals surface area contributed by atoms with Crippen LogP contribution in [0.25, 0.3) is 11.2 Å². The van der Waals surface area contributed by atoms with Crippen molar-refractivity contribution in [2.45, 2.75) is 6.92 Å². The Hall–Kier alpha value is -1.91. The van der Waals surface area contributed by atoms with E-state index >= 15 is 0 Å². The van der Waals surface area contributed by atoms with Gasteiger partial charge < -0.3 is 9.72 Å². The van der Waals surface area contributed by atoms with Crippen LogP contribution < -0.4 is 0 Å². The predicted molar refractivity (Wildman–Crippen MR) is 50.0 cm³/mol. The van der Waals surface area contributed by atoms with E-state index in [0.29, 0.717) is 11.2 Å². The zero-order valence-corrected chi connectivity index (χ0v) is 7.87. The highest BCUT2D eigenvalue weighted by atomic mass is 16.5. The third-order valence-corrected chi connectivity index (χ3v) is 1.88. The normalized spacial score (nSPS) is 10.4. The van der Waals surface area contributed by atoms with E-state index < -0.39 is 5.97 Å². The Morgan fingerprint density at radius 1 is 1.57 bits per heavy atom. The van der Waals surface area contributed by atoms with Crippen LogP contribution in [0.4, 0.5) is 0 Å². The molecule has 0 aliphatic carbocycles. The fourth-order valence-electron chi connectivity index (χ4n) is 1.25. The zero-order valence-electron chi connectivity index (χ0n) is 7.87. The second-order valence-corrected chi connectivity index (χ2v) is 2.91. The van der Waals surface area contributed by atoms with Gasteiger partial charge in [-0.1, -0.05) is 0 Å². The molecule has 0 saturated carbocycles. The quantitative estimate of drug-likeness (QED) is 0.684. The second-order valence-electron chi connectivity index (χ2n) is 2.91. The number of fused-ring (bicyclic) bond motifs is 1. The Labute approximate surface area is 80.1 Å². The molecule has 0 bridgehead atoms. The number of nitrogens with zero attached hydrogens (tertiary/aromatic N) is 2. The van der Waals surface area contributed by atoms with Gasteiger partial charge >= 0.3 is 5.97 Å². The van der Waals surface area contributed by atoms with Crippen LogP contribution >= 0.6 is 0 Å². The number of methoxy groups -OCH3 is 1. The van der Waals surface area contributed by atoms with E-state index in [2.05, 4.69) is 19.7 Å². The molecule has 2 rings (SSSR count). The first-order valence-corrected chi connectivity index (χ1v) is 4.11. The van der Waals surface area contributed by atoms with E-state index in [0.717, 1.165) is 11.3 Å². The molecule has 2 aromatic heterocycles. The number of rotatable bonds is 1. The molecule has 0 aliphatic heterocycles. The van der Waals surface area contributed by atoms with Crippen LogP contribution in [0.15, 0.2) is 12.3 Å². The molecule has 72 valence electrons. The Morgan fingerprint density at radius 3 is 3.07 bits per heavy atom. The zero-order chi connectivity index (χ0) is 10.1. The fourth-order valence-corrected chi connectivity index (χ4v) is 1.25. The van der Waals surface area contributed by atoms with E-state index in [-0.39, 0.29) is 0 Å². The molecule has 5 nitrogen and oxygen atoms in total. The summed E-state index contributed by atoms with van der Waals surface area (Å²) < 4.78 is 4.58. The summed E-state index contributed by atoms with van der Waals surface area (Å²) in [5.74, 6) is 0.376. The maximum Gasteiger partial charge on any atom is 0.339 e. The minimum Gasteiger partial charge on any atom is -0.465 e. The van der Waals surface area contributed by atoms with Crippen molar-refractivity contribution >= 4 is 17.1 Å². The first-order chi connectivity index (χ1) is 6.70. The summed E-state index contributed by atoms with van der Waals surface area (Å²) in [7, 11) is 1.34. The molecule has 0 unspecified atom stereocenters. The van der Waals surface area contributed by atoms with Crippen LogP contribution in [-0.4, -0.2) is 28.0 Å². The molecule has 0 aromatic carbocycles. The van der Waals surface area contributed by atoms with E-state index in [9.17, 15) is 4.79 Å². The Balaban J connectivity index is 2.55. The first-order valence-electron chi connectivity index (χ1n) is 4.11. The SMILES string of the molecule is COC(=O)c1cnc2nc(C)[nH]c2c1. The van der Waals surface area contributed by atoms with E-state index in [4.69, 9.17) is 0 Å². The van der Waals surface area contributed by atoms with Crippen LogP contribution in [0.2, 0.25) is 0 Å². The number of carbonyl (C=O) groups excluding carboxylic acids is 1. The lowest BCUT2D eigenvalue weighted by atomic mass is 10.3. The summed E-state index contributed by atoms with van der Waals surface area (Å²) in [6.07, 6.45) is 1.45. The van der Waals surface area contributed by atoms with Crippen molar-refractivity contribution in [3.05, 3.63) is 23.7 Å². The van der Waals surface area contributed by atoms with Crippen molar-refractivity contribution in [3.8, 4) is 0 Å². The molecule has 0 spiro atoms. The number of aryl methyl sites for hydroxylation is 1. The molecule has 0 saturated heterocycles. The number of aromatic nitrogens is 3. The van der Waals surface area contributed by atoms with Crippen molar-refractivity contribution < 1.29 is 9.53 Å². The summed E-state index contributed by atoms with van der Waals surface area (Å²) >= 11 is 0. The number of carbonyl (C=O) groups is 1. The van der Waals surface area contributed by atoms with Crippen molar-refractivity contribution in [3.63, 3.8) is 0 Å². The van der Waals surface area contributed by atoms with Gasteiger partial charge in [-0.05, 0) is 13.0 Å². The standard InChI is InChI=1S/C9H9N3O2/c1-5-11-7-3-6(9(13)14-2)4-10-8(7)12-5/h3-4H,1-2H3,(H,10,11,12).